The van der Waals surface area contributed by atoms with E-state index in [1.165, 1.54) is 0 Å². The van der Waals surface area contributed by atoms with E-state index in [0.717, 1.165) is 17.5 Å². The van der Waals surface area contributed by atoms with Crippen LogP contribution in [0.3, 0.4) is 0 Å². The normalized spacial score (nSPS) is 13.4. The van der Waals surface area contributed by atoms with Crippen LogP contribution in [0.5, 0.6) is 0 Å². The Hall–Kier alpha value is -1.11. The van der Waals surface area contributed by atoms with Crippen LogP contribution in [0.25, 0.3) is 0 Å². The third-order valence-corrected chi connectivity index (χ3v) is 2.98. The van der Waals surface area contributed by atoms with Crippen molar-refractivity contribution in [3.63, 3.8) is 0 Å². The lowest BCUT2D eigenvalue weighted by Gasteiger charge is -2.19. The topological polar surface area (TPSA) is 30.5 Å². The predicted molar refractivity (Wildman–Crippen MR) is 75.3 cm³/mol. The third kappa shape index (κ3) is 7.45. The minimum atomic E-state index is -4.29. The van der Waals surface area contributed by atoms with Crippen molar-refractivity contribution in [3.8, 4) is 0 Å². The first-order chi connectivity index (χ1) is 9.96. The zero-order valence-corrected chi connectivity index (χ0v) is 12.4. The van der Waals surface area contributed by atoms with Gasteiger partial charge in [0, 0.05) is 7.11 Å². The van der Waals surface area contributed by atoms with Crippen LogP contribution < -0.4 is 5.32 Å². The number of hydrogen-bond acceptors (Lipinski definition) is 3. The van der Waals surface area contributed by atoms with E-state index >= 15 is 0 Å². The molecule has 0 aliphatic carbocycles. The van der Waals surface area contributed by atoms with Gasteiger partial charge in [-0.3, -0.25) is 0 Å². The van der Waals surface area contributed by atoms with Crippen molar-refractivity contribution in [2.75, 3.05) is 33.5 Å². The van der Waals surface area contributed by atoms with Gasteiger partial charge in [0.25, 0.3) is 0 Å². The maximum absolute atomic E-state index is 12.1. The highest BCUT2D eigenvalue weighted by Gasteiger charge is 2.28. The molecule has 120 valence electrons. The smallest absolute Gasteiger partial charge is 0.384 e. The molecule has 0 radical (unpaired) electrons. The lowest BCUT2D eigenvalue weighted by atomic mass is 10.0. The fraction of sp³-hybridized carbons (Fsp3) is 0.600. The van der Waals surface area contributed by atoms with Gasteiger partial charge in [0.05, 0.1) is 19.3 Å². The molecule has 21 heavy (non-hydrogen) atoms. The van der Waals surface area contributed by atoms with Crippen molar-refractivity contribution in [2.45, 2.75) is 25.6 Å². The van der Waals surface area contributed by atoms with Crippen LogP contribution in [0.1, 0.15) is 24.1 Å². The van der Waals surface area contributed by atoms with Crippen molar-refractivity contribution < 1.29 is 22.6 Å². The third-order valence-electron chi connectivity index (χ3n) is 2.98. The van der Waals surface area contributed by atoms with E-state index in [2.05, 4.69) is 5.32 Å². The van der Waals surface area contributed by atoms with E-state index in [1.807, 2.05) is 31.2 Å². The fourth-order valence-corrected chi connectivity index (χ4v) is 1.95. The Bertz CT molecular complexity index is 393. The Labute approximate surface area is 123 Å². The molecule has 0 aliphatic rings. The SMILES string of the molecule is CCNC(COCC(F)(F)F)c1ccc(CCOC)cc1. The molecule has 6 heteroatoms. The number of likely N-dealkylation sites (N-methyl/N-ethyl adjacent to an activating group) is 1. The number of methoxy groups -OCH3 is 1. The lowest BCUT2D eigenvalue weighted by Crippen LogP contribution is -2.28. The summed E-state index contributed by atoms with van der Waals surface area (Å²) in [5, 5.41) is 3.13. The maximum Gasteiger partial charge on any atom is 0.411 e. The largest absolute Gasteiger partial charge is 0.411 e. The number of rotatable bonds is 9. The molecule has 1 aromatic rings. The quantitative estimate of drug-likeness (QED) is 0.760. The Kier molecular flexibility index (Phi) is 7.71. The second kappa shape index (κ2) is 9.02. The second-order valence-electron chi connectivity index (χ2n) is 4.72. The Morgan fingerprint density at radius 1 is 1.19 bits per heavy atom. The summed E-state index contributed by atoms with van der Waals surface area (Å²) in [6.07, 6.45) is -3.48. The van der Waals surface area contributed by atoms with Crippen molar-refractivity contribution in [3.05, 3.63) is 35.4 Å². The summed E-state index contributed by atoms with van der Waals surface area (Å²) in [6.45, 7) is 1.98. The van der Waals surface area contributed by atoms with Gasteiger partial charge >= 0.3 is 6.18 Å². The minimum Gasteiger partial charge on any atom is -0.384 e. The molecule has 3 nitrogen and oxygen atoms in total. The number of benzene rings is 1. The van der Waals surface area contributed by atoms with Gasteiger partial charge in [0.1, 0.15) is 6.61 Å². The summed E-state index contributed by atoms with van der Waals surface area (Å²) in [5.74, 6) is 0. The van der Waals surface area contributed by atoms with Crippen LogP contribution >= 0.6 is 0 Å². The first-order valence-electron chi connectivity index (χ1n) is 6.92. The molecule has 0 aromatic heterocycles. The van der Waals surface area contributed by atoms with Gasteiger partial charge < -0.3 is 14.8 Å². The van der Waals surface area contributed by atoms with Crippen LogP contribution in [0.15, 0.2) is 24.3 Å². The average molecular weight is 305 g/mol. The molecule has 1 atom stereocenters. The monoisotopic (exact) mass is 305 g/mol. The average Bonchev–Trinajstić information content (AvgIpc) is 2.43. The van der Waals surface area contributed by atoms with Gasteiger partial charge in [-0.25, -0.2) is 0 Å². The van der Waals surface area contributed by atoms with Gasteiger partial charge in [0.15, 0.2) is 0 Å². The van der Waals surface area contributed by atoms with E-state index in [0.29, 0.717) is 13.2 Å². The maximum atomic E-state index is 12.1. The molecule has 1 aromatic carbocycles. The van der Waals surface area contributed by atoms with Gasteiger partial charge in [-0.2, -0.15) is 13.2 Å². The highest BCUT2D eigenvalue weighted by atomic mass is 19.4. The zero-order valence-electron chi connectivity index (χ0n) is 12.4. The van der Waals surface area contributed by atoms with E-state index in [9.17, 15) is 13.2 Å². The van der Waals surface area contributed by atoms with E-state index in [4.69, 9.17) is 9.47 Å². The van der Waals surface area contributed by atoms with Gasteiger partial charge in [0.2, 0.25) is 0 Å². The summed E-state index contributed by atoms with van der Waals surface area (Å²) in [4.78, 5) is 0. The van der Waals surface area contributed by atoms with Gasteiger partial charge in [-0.1, -0.05) is 31.2 Å². The molecule has 0 heterocycles. The van der Waals surface area contributed by atoms with E-state index in [-0.39, 0.29) is 12.6 Å². The van der Waals surface area contributed by atoms with Crippen molar-refractivity contribution in [1.29, 1.82) is 0 Å². The first kappa shape index (κ1) is 17.9. The highest BCUT2D eigenvalue weighted by molar-refractivity contribution is 5.25. The molecule has 0 aliphatic heterocycles. The number of ether oxygens (including phenoxy) is 2. The molecule has 0 spiro atoms. The Balaban J connectivity index is 2.58. The summed E-state index contributed by atoms with van der Waals surface area (Å²) >= 11 is 0. The first-order valence-corrected chi connectivity index (χ1v) is 6.92. The molecular weight excluding hydrogens is 283 g/mol. The van der Waals surface area contributed by atoms with Crippen LogP contribution in [0.4, 0.5) is 13.2 Å². The molecule has 1 rings (SSSR count). The van der Waals surface area contributed by atoms with Crippen LogP contribution in [0.2, 0.25) is 0 Å². The molecule has 1 N–H and O–H groups in total. The zero-order chi connectivity index (χ0) is 15.7. The van der Waals surface area contributed by atoms with Crippen LogP contribution in [0, 0.1) is 0 Å². The van der Waals surface area contributed by atoms with Crippen molar-refractivity contribution >= 4 is 0 Å². The fourth-order valence-electron chi connectivity index (χ4n) is 1.95. The Morgan fingerprint density at radius 3 is 2.38 bits per heavy atom. The second-order valence-corrected chi connectivity index (χ2v) is 4.72. The molecule has 0 fully saturated rings. The molecule has 0 amide bonds. The van der Waals surface area contributed by atoms with Gasteiger partial charge in [-0.05, 0) is 24.1 Å². The number of halogens is 3. The number of alkyl halides is 3. The van der Waals surface area contributed by atoms with Crippen LogP contribution in [-0.4, -0.2) is 39.7 Å². The van der Waals surface area contributed by atoms with Crippen LogP contribution in [-0.2, 0) is 15.9 Å². The van der Waals surface area contributed by atoms with Crippen molar-refractivity contribution in [1.82, 2.24) is 5.32 Å². The molecular formula is C15H22F3NO2. The molecule has 0 bridgehead atoms. The van der Waals surface area contributed by atoms with Crippen molar-refractivity contribution in [2.24, 2.45) is 0 Å². The summed E-state index contributed by atoms with van der Waals surface area (Å²) < 4.78 is 46.1. The summed E-state index contributed by atoms with van der Waals surface area (Å²) in [7, 11) is 1.65. The minimum absolute atomic E-state index is 0.00916. The lowest BCUT2D eigenvalue weighted by molar-refractivity contribution is -0.175. The van der Waals surface area contributed by atoms with E-state index < -0.39 is 12.8 Å². The highest BCUT2D eigenvalue weighted by Crippen LogP contribution is 2.18. The van der Waals surface area contributed by atoms with Gasteiger partial charge in [-0.15, -0.1) is 0 Å². The Morgan fingerprint density at radius 2 is 1.86 bits per heavy atom. The number of nitrogens with one attached hydrogen (secondary N) is 1. The standard InChI is InChI=1S/C15H22F3NO2/c1-3-19-14(10-21-11-15(16,17)18)13-6-4-12(5-7-13)8-9-20-2/h4-7,14,19H,3,8-11H2,1-2H3. The number of hydrogen-bond donors (Lipinski definition) is 1. The molecule has 0 saturated heterocycles. The molecule has 0 saturated carbocycles. The predicted octanol–water partition coefficient (Wildman–Crippen LogP) is 3.11. The summed E-state index contributed by atoms with van der Waals surface area (Å²) in [6, 6.07) is 7.50. The summed E-state index contributed by atoms with van der Waals surface area (Å²) in [5.41, 5.74) is 2.05. The van der Waals surface area contributed by atoms with E-state index in [1.54, 1.807) is 7.11 Å². The molecule has 1 unspecified atom stereocenters.